The van der Waals surface area contributed by atoms with Crippen LogP contribution in [-0.4, -0.2) is 17.9 Å². The number of hydrogen-bond acceptors (Lipinski definition) is 3. The third-order valence-electron chi connectivity index (χ3n) is 3.56. The molecule has 0 heterocycles. The van der Waals surface area contributed by atoms with Crippen molar-refractivity contribution >= 4 is 11.8 Å². The second-order valence-electron chi connectivity index (χ2n) is 5.46. The molecule has 1 unspecified atom stereocenters. The number of nitrogens with one attached hydrogen (secondary N) is 2. The predicted molar refractivity (Wildman–Crippen MR) is 88.0 cm³/mol. The molecular formula is C18H19FN2O3. The van der Waals surface area contributed by atoms with Crippen LogP contribution in [0.15, 0.2) is 42.5 Å². The minimum absolute atomic E-state index is 0.361. The molecule has 0 fully saturated rings. The van der Waals surface area contributed by atoms with Gasteiger partial charge in [-0.25, -0.2) is 4.39 Å². The van der Waals surface area contributed by atoms with Gasteiger partial charge in [0.2, 0.25) is 0 Å². The largest absolute Gasteiger partial charge is 0.481 e. The molecule has 2 aromatic carbocycles. The van der Waals surface area contributed by atoms with Crippen LogP contribution in [0.5, 0.6) is 5.75 Å². The van der Waals surface area contributed by atoms with Crippen LogP contribution in [0.3, 0.4) is 0 Å². The molecule has 5 nitrogen and oxygen atoms in total. The van der Waals surface area contributed by atoms with Gasteiger partial charge in [0.1, 0.15) is 11.6 Å². The Kier molecular flexibility index (Phi) is 5.52. The molecular weight excluding hydrogens is 311 g/mol. The van der Waals surface area contributed by atoms with Crippen LogP contribution in [0.25, 0.3) is 0 Å². The van der Waals surface area contributed by atoms with E-state index < -0.39 is 17.9 Å². The lowest BCUT2D eigenvalue weighted by atomic mass is 10.1. The summed E-state index contributed by atoms with van der Waals surface area (Å²) >= 11 is 0. The van der Waals surface area contributed by atoms with E-state index in [0.717, 1.165) is 11.1 Å². The Bertz CT molecular complexity index is 744. The molecule has 0 aliphatic rings. The van der Waals surface area contributed by atoms with E-state index in [-0.39, 0.29) is 5.82 Å². The van der Waals surface area contributed by atoms with Crippen molar-refractivity contribution in [2.45, 2.75) is 26.9 Å². The second-order valence-corrected chi connectivity index (χ2v) is 5.46. The smallest absolute Gasteiger partial charge is 0.279 e. The molecule has 2 amide bonds. The van der Waals surface area contributed by atoms with Gasteiger partial charge >= 0.3 is 0 Å². The third-order valence-corrected chi connectivity index (χ3v) is 3.56. The minimum atomic E-state index is -0.851. The van der Waals surface area contributed by atoms with Gasteiger partial charge in [-0.15, -0.1) is 0 Å². The Morgan fingerprint density at radius 3 is 2.29 bits per heavy atom. The highest BCUT2D eigenvalue weighted by Crippen LogP contribution is 2.13. The lowest BCUT2D eigenvalue weighted by Gasteiger charge is -2.15. The number of rotatable bonds is 4. The quantitative estimate of drug-likeness (QED) is 0.847. The molecule has 2 aromatic rings. The Labute approximate surface area is 139 Å². The topological polar surface area (TPSA) is 67.4 Å². The Balaban J connectivity index is 1.88. The van der Waals surface area contributed by atoms with Crippen LogP contribution in [0, 0.1) is 19.7 Å². The first-order valence-electron chi connectivity index (χ1n) is 7.46. The normalized spacial score (nSPS) is 11.5. The molecule has 0 bridgehead atoms. The number of aryl methyl sites for hydroxylation is 2. The Morgan fingerprint density at radius 1 is 1.00 bits per heavy atom. The third kappa shape index (κ3) is 4.55. The summed E-state index contributed by atoms with van der Waals surface area (Å²) in [5.41, 5.74) is 7.17. The lowest BCUT2D eigenvalue weighted by molar-refractivity contribution is -0.128. The summed E-state index contributed by atoms with van der Waals surface area (Å²) in [5, 5.41) is 0. The Morgan fingerprint density at radius 2 is 1.67 bits per heavy atom. The van der Waals surface area contributed by atoms with Crippen molar-refractivity contribution in [3.8, 4) is 5.75 Å². The summed E-state index contributed by atoms with van der Waals surface area (Å²) in [5.74, 6) is -0.961. The lowest BCUT2D eigenvalue weighted by Crippen LogP contribution is -2.47. The van der Waals surface area contributed by atoms with Gasteiger partial charge in [0.05, 0.1) is 0 Å². The van der Waals surface area contributed by atoms with E-state index in [1.54, 1.807) is 12.1 Å². The summed E-state index contributed by atoms with van der Waals surface area (Å²) in [6, 6.07) is 10.6. The number of ether oxygens (including phenoxy) is 1. The number of benzene rings is 2. The molecule has 1 atom stereocenters. The van der Waals surface area contributed by atoms with Gasteiger partial charge in [-0.05, 0) is 68.3 Å². The van der Waals surface area contributed by atoms with Crippen LogP contribution in [0.2, 0.25) is 0 Å². The average molecular weight is 330 g/mol. The van der Waals surface area contributed by atoms with Gasteiger partial charge in [0.25, 0.3) is 11.8 Å². The zero-order chi connectivity index (χ0) is 17.7. The van der Waals surface area contributed by atoms with Crippen molar-refractivity contribution in [1.82, 2.24) is 10.9 Å². The predicted octanol–water partition coefficient (Wildman–Crippen LogP) is 2.67. The van der Waals surface area contributed by atoms with Crippen molar-refractivity contribution in [2.75, 3.05) is 0 Å². The molecule has 0 saturated heterocycles. The van der Waals surface area contributed by atoms with Crippen molar-refractivity contribution in [2.24, 2.45) is 0 Å². The fourth-order valence-electron chi connectivity index (χ4n) is 1.95. The fourth-order valence-corrected chi connectivity index (χ4v) is 1.95. The summed E-state index contributed by atoms with van der Waals surface area (Å²) in [7, 11) is 0. The maximum atomic E-state index is 12.8. The van der Waals surface area contributed by atoms with Crippen LogP contribution in [0.1, 0.15) is 28.4 Å². The van der Waals surface area contributed by atoms with Crippen LogP contribution in [0.4, 0.5) is 4.39 Å². The van der Waals surface area contributed by atoms with E-state index in [2.05, 4.69) is 10.9 Å². The van der Waals surface area contributed by atoms with E-state index in [9.17, 15) is 14.0 Å². The molecule has 0 radical (unpaired) electrons. The van der Waals surface area contributed by atoms with E-state index in [1.807, 2.05) is 19.9 Å². The highest BCUT2D eigenvalue weighted by molar-refractivity contribution is 5.96. The monoisotopic (exact) mass is 330 g/mol. The standard InChI is InChI=1S/C18H19FN2O3/c1-11-4-5-14(10-12(11)2)18(23)21-20-17(22)13(3)24-16-8-6-15(19)7-9-16/h4-10,13H,1-3H3,(H,20,22)(H,21,23). The first kappa shape index (κ1) is 17.5. The maximum absolute atomic E-state index is 12.8. The molecule has 0 saturated carbocycles. The first-order chi connectivity index (χ1) is 11.4. The second kappa shape index (κ2) is 7.59. The van der Waals surface area contributed by atoms with Gasteiger partial charge < -0.3 is 4.74 Å². The SMILES string of the molecule is Cc1ccc(C(=O)NNC(=O)C(C)Oc2ccc(F)cc2)cc1C. The van der Waals surface area contributed by atoms with E-state index in [4.69, 9.17) is 4.74 Å². The van der Waals surface area contributed by atoms with Crippen molar-refractivity contribution in [3.63, 3.8) is 0 Å². The number of hydrogen-bond donors (Lipinski definition) is 2. The fraction of sp³-hybridized carbons (Fsp3) is 0.222. The van der Waals surface area contributed by atoms with Gasteiger partial charge in [0, 0.05) is 5.56 Å². The van der Waals surface area contributed by atoms with Gasteiger partial charge in [-0.1, -0.05) is 6.07 Å². The van der Waals surface area contributed by atoms with E-state index in [1.165, 1.54) is 31.2 Å². The highest BCUT2D eigenvalue weighted by atomic mass is 19.1. The molecule has 6 heteroatoms. The van der Waals surface area contributed by atoms with Crippen molar-refractivity contribution < 1.29 is 18.7 Å². The summed E-state index contributed by atoms with van der Waals surface area (Å²) in [6.07, 6.45) is -0.851. The molecule has 2 rings (SSSR count). The van der Waals surface area contributed by atoms with E-state index >= 15 is 0 Å². The number of amides is 2. The van der Waals surface area contributed by atoms with Crippen molar-refractivity contribution in [1.29, 1.82) is 0 Å². The minimum Gasteiger partial charge on any atom is -0.481 e. The number of carbonyl (C=O) groups excluding carboxylic acids is 2. The summed E-state index contributed by atoms with van der Waals surface area (Å²) in [6.45, 7) is 5.39. The molecule has 2 N–H and O–H groups in total. The summed E-state index contributed by atoms with van der Waals surface area (Å²) < 4.78 is 18.2. The summed E-state index contributed by atoms with van der Waals surface area (Å²) in [4.78, 5) is 24.0. The molecule has 0 aliphatic carbocycles. The van der Waals surface area contributed by atoms with Crippen molar-refractivity contribution in [3.05, 3.63) is 65.0 Å². The zero-order valence-electron chi connectivity index (χ0n) is 13.7. The zero-order valence-corrected chi connectivity index (χ0v) is 13.7. The van der Waals surface area contributed by atoms with Gasteiger partial charge in [0.15, 0.2) is 6.10 Å². The number of carbonyl (C=O) groups is 2. The highest BCUT2D eigenvalue weighted by Gasteiger charge is 2.16. The average Bonchev–Trinajstić information content (AvgIpc) is 2.56. The van der Waals surface area contributed by atoms with Gasteiger partial charge in [-0.3, -0.25) is 20.4 Å². The molecule has 0 spiro atoms. The molecule has 0 aliphatic heterocycles. The molecule has 24 heavy (non-hydrogen) atoms. The van der Waals surface area contributed by atoms with Gasteiger partial charge in [-0.2, -0.15) is 0 Å². The number of halogens is 1. The first-order valence-corrected chi connectivity index (χ1v) is 7.46. The van der Waals surface area contributed by atoms with Crippen LogP contribution in [-0.2, 0) is 4.79 Å². The van der Waals surface area contributed by atoms with Crippen LogP contribution < -0.4 is 15.6 Å². The molecule has 126 valence electrons. The Hall–Kier alpha value is -2.89. The number of hydrazine groups is 1. The maximum Gasteiger partial charge on any atom is 0.279 e. The molecule has 0 aromatic heterocycles. The van der Waals surface area contributed by atoms with Crippen LogP contribution >= 0.6 is 0 Å². The van der Waals surface area contributed by atoms with E-state index in [0.29, 0.717) is 11.3 Å².